The lowest BCUT2D eigenvalue weighted by Crippen LogP contribution is -2.49. The van der Waals surface area contributed by atoms with Crippen molar-refractivity contribution in [1.29, 1.82) is 0 Å². The molecule has 180 valence electrons. The van der Waals surface area contributed by atoms with Gasteiger partial charge in [-0.1, -0.05) is 12.1 Å². The Morgan fingerprint density at radius 3 is 2.65 bits per heavy atom. The van der Waals surface area contributed by atoms with E-state index in [0.29, 0.717) is 11.5 Å². The summed E-state index contributed by atoms with van der Waals surface area (Å²) in [5.41, 5.74) is 4.87. The van der Waals surface area contributed by atoms with Gasteiger partial charge in [0.15, 0.2) is 0 Å². The summed E-state index contributed by atoms with van der Waals surface area (Å²) >= 11 is 0. The molecule has 1 aliphatic carbocycles. The Morgan fingerprint density at radius 2 is 2.00 bits per heavy atom. The molecule has 2 aliphatic rings. The minimum Gasteiger partial charge on any atom is -0.496 e. The maximum Gasteiger partial charge on any atom is 0.335 e. The topological polar surface area (TPSA) is 74.8 Å². The minimum absolute atomic E-state index is 0.0951. The number of rotatable bonds is 8. The standard InChI is InChI=1S/C28H34N2O4/c1-4-34-28(21-9-10-21)12-14-30(24(16-28)19-5-7-20(8-6-19)27(31)32)17-23-22-11-13-29-26(22)18(2)15-25(23)33-3/h5-8,11,13,15,21,24,29H,4,9-10,12,14,16-17H2,1-3H3,(H,31,32)/t24-,28+/m0/s1. The van der Waals surface area contributed by atoms with Gasteiger partial charge >= 0.3 is 5.97 Å². The molecule has 6 nitrogen and oxygen atoms in total. The number of likely N-dealkylation sites (tertiary alicyclic amines) is 1. The van der Waals surface area contributed by atoms with Crippen LogP contribution in [0.25, 0.3) is 10.9 Å². The van der Waals surface area contributed by atoms with Crippen LogP contribution in [0.5, 0.6) is 5.75 Å². The van der Waals surface area contributed by atoms with Crippen molar-refractivity contribution >= 4 is 16.9 Å². The number of H-pyrrole nitrogens is 1. The molecule has 2 aromatic carbocycles. The maximum absolute atomic E-state index is 11.4. The van der Waals surface area contributed by atoms with Gasteiger partial charge in [-0.3, -0.25) is 4.90 Å². The number of hydrogen-bond acceptors (Lipinski definition) is 4. The van der Waals surface area contributed by atoms with Crippen LogP contribution in [-0.4, -0.2) is 46.8 Å². The Kier molecular flexibility index (Phi) is 6.13. The summed E-state index contributed by atoms with van der Waals surface area (Å²) in [6, 6.07) is 11.8. The molecule has 2 N–H and O–H groups in total. The van der Waals surface area contributed by atoms with Gasteiger partial charge in [0.05, 0.1) is 18.3 Å². The number of aryl methyl sites for hydroxylation is 1. The number of ether oxygens (including phenoxy) is 2. The summed E-state index contributed by atoms with van der Waals surface area (Å²) in [6.07, 6.45) is 6.40. The normalized spacial score (nSPS) is 23.3. The Bertz CT molecular complexity index is 1180. The second-order valence-corrected chi connectivity index (χ2v) is 9.78. The van der Waals surface area contributed by atoms with Gasteiger partial charge in [0.2, 0.25) is 0 Å². The lowest BCUT2D eigenvalue weighted by atomic mass is 9.79. The third kappa shape index (κ3) is 4.10. The van der Waals surface area contributed by atoms with E-state index in [9.17, 15) is 9.90 Å². The number of aromatic carboxylic acids is 1. The van der Waals surface area contributed by atoms with Crippen LogP contribution in [0, 0.1) is 12.8 Å². The highest BCUT2D eigenvalue weighted by molar-refractivity contribution is 5.88. The van der Waals surface area contributed by atoms with Gasteiger partial charge in [-0.25, -0.2) is 4.79 Å². The van der Waals surface area contributed by atoms with Gasteiger partial charge in [-0.2, -0.15) is 0 Å². The molecular weight excluding hydrogens is 428 g/mol. The molecular formula is C28H34N2O4. The molecule has 1 saturated carbocycles. The van der Waals surface area contributed by atoms with Crippen molar-refractivity contribution < 1.29 is 19.4 Å². The van der Waals surface area contributed by atoms with Crippen LogP contribution in [0.3, 0.4) is 0 Å². The molecule has 0 radical (unpaired) electrons. The van der Waals surface area contributed by atoms with Gasteiger partial charge in [0.25, 0.3) is 0 Å². The first-order valence-corrected chi connectivity index (χ1v) is 12.3. The zero-order chi connectivity index (χ0) is 23.9. The van der Waals surface area contributed by atoms with Crippen molar-refractivity contribution in [2.24, 2.45) is 5.92 Å². The summed E-state index contributed by atoms with van der Waals surface area (Å²) in [7, 11) is 1.74. The van der Waals surface area contributed by atoms with Crippen LogP contribution in [0.1, 0.15) is 65.7 Å². The Morgan fingerprint density at radius 1 is 1.24 bits per heavy atom. The van der Waals surface area contributed by atoms with Crippen LogP contribution in [0.4, 0.5) is 0 Å². The summed E-state index contributed by atoms with van der Waals surface area (Å²) < 4.78 is 12.3. The van der Waals surface area contributed by atoms with Crippen LogP contribution in [-0.2, 0) is 11.3 Å². The van der Waals surface area contributed by atoms with E-state index in [1.807, 2.05) is 18.3 Å². The zero-order valence-corrected chi connectivity index (χ0v) is 20.3. The fourth-order valence-electron chi connectivity index (χ4n) is 5.91. The van der Waals surface area contributed by atoms with Crippen molar-refractivity contribution in [3.8, 4) is 5.75 Å². The molecule has 3 aromatic rings. The molecule has 0 bridgehead atoms. The van der Waals surface area contributed by atoms with Gasteiger partial charge < -0.3 is 19.6 Å². The number of hydrogen-bond donors (Lipinski definition) is 2. The molecule has 1 saturated heterocycles. The number of nitrogens with one attached hydrogen (secondary N) is 1. The van der Waals surface area contributed by atoms with E-state index in [1.165, 1.54) is 29.4 Å². The SMILES string of the molecule is CCO[C@]1(C2CC2)CCN(Cc2c(OC)cc(C)c3[nH]ccc23)[C@H](c2ccc(C(=O)O)cc2)C1. The lowest BCUT2D eigenvalue weighted by molar-refractivity contribution is -0.113. The monoisotopic (exact) mass is 462 g/mol. The molecule has 2 fully saturated rings. The van der Waals surface area contributed by atoms with Gasteiger partial charge in [0, 0.05) is 48.4 Å². The van der Waals surface area contributed by atoms with E-state index in [-0.39, 0.29) is 11.6 Å². The zero-order valence-electron chi connectivity index (χ0n) is 20.3. The van der Waals surface area contributed by atoms with E-state index in [1.54, 1.807) is 19.2 Å². The number of benzene rings is 2. The second kappa shape index (κ2) is 9.08. The van der Waals surface area contributed by atoms with E-state index >= 15 is 0 Å². The number of fused-ring (bicyclic) bond motifs is 1. The fourth-order valence-corrected chi connectivity index (χ4v) is 5.91. The summed E-state index contributed by atoms with van der Waals surface area (Å²) in [5, 5.41) is 10.6. The molecule has 1 aliphatic heterocycles. The minimum atomic E-state index is -0.895. The predicted molar refractivity (Wildman–Crippen MR) is 132 cm³/mol. The van der Waals surface area contributed by atoms with Crippen LogP contribution in [0.15, 0.2) is 42.6 Å². The quantitative estimate of drug-likeness (QED) is 0.449. The van der Waals surface area contributed by atoms with Crippen LogP contribution < -0.4 is 4.74 Å². The Labute approximate surface area is 200 Å². The summed E-state index contributed by atoms with van der Waals surface area (Å²) in [6.45, 7) is 6.59. The fraction of sp³-hybridized carbons (Fsp3) is 0.464. The highest BCUT2D eigenvalue weighted by Crippen LogP contribution is 2.52. The van der Waals surface area contributed by atoms with Gasteiger partial charge in [0.1, 0.15) is 5.75 Å². The number of piperidine rings is 1. The van der Waals surface area contributed by atoms with Gasteiger partial charge in [-0.05, 0) is 80.8 Å². The van der Waals surface area contributed by atoms with Crippen molar-refractivity contribution in [1.82, 2.24) is 9.88 Å². The predicted octanol–water partition coefficient (Wildman–Crippen LogP) is 5.71. The highest BCUT2D eigenvalue weighted by Gasteiger charge is 2.50. The molecule has 5 rings (SSSR count). The molecule has 6 heteroatoms. The van der Waals surface area contributed by atoms with Crippen molar-refractivity contribution in [3.05, 3.63) is 64.8 Å². The molecule has 34 heavy (non-hydrogen) atoms. The first kappa shape index (κ1) is 22.9. The van der Waals surface area contributed by atoms with Crippen molar-refractivity contribution in [3.63, 3.8) is 0 Å². The third-order valence-electron chi connectivity index (χ3n) is 7.79. The number of nitrogens with zero attached hydrogens (tertiary/aromatic N) is 1. The smallest absolute Gasteiger partial charge is 0.335 e. The average Bonchev–Trinajstić information content (AvgIpc) is 3.59. The first-order valence-electron chi connectivity index (χ1n) is 12.3. The van der Waals surface area contributed by atoms with E-state index < -0.39 is 5.97 Å². The lowest BCUT2D eigenvalue weighted by Gasteiger charge is -2.47. The molecule has 1 aromatic heterocycles. The molecule has 2 heterocycles. The largest absolute Gasteiger partial charge is 0.496 e. The molecule has 0 amide bonds. The first-order chi connectivity index (χ1) is 16.5. The van der Waals surface area contributed by atoms with Crippen LogP contribution in [0.2, 0.25) is 0 Å². The number of carboxylic acids is 1. The van der Waals surface area contributed by atoms with Crippen molar-refractivity contribution in [2.45, 2.75) is 57.7 Å². The van der Waals surface area contributed by atoms with E-state index in [0.717, 1.165) is 49.4 Å². The summed E-state index contributed by atoms with van der Waals surface area (Å²) in [5.74, 6) is 0.641. The van der Waals surface area contributed by atoms with E-state index in [4.69, 9.17) is 9.47 Å². The Hall–Kier alpha value is -2.83. The average molecular weight is 463 g/mol. The molecule has 0 spiro atoms. The number of methoxy groups -OCH3 is 1. The number of aromatic nitrogens is 1. The summed E-state index contributed by atoms with van der Waals surface area (Å²) in [4.78, 5) is 17.3. The molecule has 2 atom stereocenters. The van der Waals surface area contributed by atoms with Gasteiger partial charge in [-0.15, -0.1) is 0 Å². The third-order valence-corrected chi connectivity index (χ3v) is 7.79. The highest BCUT2D eigenvalue weighted by atomic mass is 16.5. The van der Waals surface area contributed by atoms with E-state index in [2.05, 4.69) is 35.9 Å². The van der Waals surface area contributed by atoms with Crippen LogP contribution >= 0.6 is 0 Å². The maximum atomic E-state index is 11.4. The number of aromatic amines is 1. The number of carboxylic acid groups (broad SMARTS) is 1. The van der Waals surface area contributed by atoms with Crippen molar-refractivity contribution in [2.75, 3.05) is 20.3 Å². The number of carbonyl (C=O) groups is 1. The molecule has 0 unspecified atom stereocenters. The Balaban J connectivity index is 1.53. The second-order valence-electron chi connectivity index (χ2n) is 9.78.